The van der Waals surface area contributed by atoms with Gasteiger partial charge in [0.1, 0.15) is 12.2 Å². The molecule has 3 heterocycles. The molecule has 66 heavy (non-hydrogen) atoms. The van der Waals surface area contributed by atoms with E-state index in [1.165, 1.54) is 13.0 Å². The van der Waals surface area contributed by atoms with E-state index in [-0.39, 0.29) is 61.2 Å². The maximum atomic E-state index is 12.6. The Morgan fingerprint density at radius 1 is 0.682 bits per heavy atom. The molecule has 0 aromatic rings. The van der Waals surface area contributed by atoms with E-state index in [0.29, 0.717) is 0 Å². The van der Waals surface area contributed by atoms with Crippen LogP contribution in [-0.2, 0) is 28.5 Å². The molecule has 19 atom stereocenters. The van der Waals surface area contributed by atoms with Crippen molar-refractivity contribution in [3.05, 3.63) is 85.1 Å². The molecule has 0 aliphatic carbocycles. The monoisotopic (exact) mass is 945 g/mol. The molecule has 18 nitrogen and oxygen atoms in total. The second-order valence-corrected chi connectivity index (χ2v) is 17.5. The maximum absolute atomic E-state index is 12.6. The Hall–Kier alpha value is -2.44. The molecular weight excluding hydrogens is 873 g/mol. The minimum atomic E-state index is -2.35. The first-order chi connectivity index (χ1) is 30.6. The van der Waals surface area contributed by atoms with Crippen LogP contribution in [0.4, 0.5) is 0 Å². The number of esters is 1. The Labute approximate surface area is 409 Å². The number of carbonyl (C=O) groups is 2. The molecule has 12 N–H and O–H groups in total. The summed E-state index contributed by atoms with van der Waals surface area (Å²) >= 11 is 0. The standard InChI is InChI=1S/C47H73NO17.Na/c1-27-17-15-13-11-9-7-5-6-8-10-12-14-16-18-34(64-46-44(58)41(48)43(57)30(4)63-46)24-38-40(45(59)60)37(54)26-47(61,65-38)25-33(51)22-36(53)35(52)20-19-31(49)21-32(50)23-39(55)62-29(3)28(2)42(27)56;/h5-18,27-38,40-44,46,49-54,56-58,61H,19-26,48H2,1-4H3,(H,59,60);/q;+1/p-1/b6-5+,9-7+,10-8+,13-11+,14-12+,17-15+,18-16+;/t27-,28-,29-,30+,31+,32+,33-,34-,35+,36+,37-,38-,40+,41-,42+,43+,44-,46-,47+;/m0./s1. The predicted octanol–water partition coefficient (Wildman–Crippen LogP) is -3.62. The number of nitrogens with two attached hydrogens (primary N) is 1. The molecule has 3 rings (SSSR count). The second kappa shape index (κ2) is 29.6. The van der Waals surface area contributed by atoms with Crippen molar-refractivity contribution in [1.82, 2.24) is 0 Å². The number of ether oxygens (including phenoxy) is 4. The third-order valence-corrected chi connectivity index (χ3v) is 12.0. The number of hydrogen-bond acceptors (Lipinski definition) is 18. The Balaban J connectivity index is 0.0000150. The molecule has 0 unspecified atom stereocenters. The van der Waals surface area contributed by atoms with Gasteiger partial charge in [-0.15, -0.1) is 0 Å². The molecule has 368 valence electrons. The molecule has 19 heteroatoms. The van der Waals surface area contributed by atoms with E-state index in [0.717, 1.165) is 0 Å². The van der Waals surface area contributed by atoms with Gasteiger partial charge in [-0.1, -0.05) is 98.9 Å². The Bertz CT molecular complexity index is 1670. The number of aliphatic hydroxyl groups is 10. The van der Waals surface area contributed by atoms with Crippen molar-refractivity contribution >= 4 is 11.9 Å². The number of hydrogen-bond donors (Lipinski definition) is 11. The molecule has 0 saturated carbocycles. The fraction of sp³-hybridized carbons (Fsp3) is 0.660. The van der Waals surface area contributed by atoms with Crippen LogP contribution < -0.4 is 40.4 Å². The normalized spacial score (nSPS) is 44.8. The van der Waals surface area contributed by atoms with Crippen LogP contribution in [0.3, 0.4) is 0 Å². The number of aliphatic carboxylic acids is 1. The Kier molecular flexibility index (Phi) is 26.7. The topological polar surface area (TPSA) is 322 Å². The molecule has 2 bridgehead atoms. The molecule has 2 saturated heterocycles. The predicted molar refractivity (Wildman–Crippen MR) is 234 cm³/mol. The summed E-state index contributed by atoms with van der Waals surface area (Å²) in [6.07, 6.45) is 2.97. The van der Waals surface area contributed by atoms with Gasteiger partial charge < -0.3 is 85.6 Å². The molecule has 0 aromatic heterocycles. The number of carbonyl (C=O) groups excluding carboxylic acids is 2. The fourth-order valence-corrected chi connectivity index (χ4v) is 7.95. The van der Waals surface area contributed by atoms with Crippen LogP contribution in [0.25, 0.3) is 0 Å². The fourth-order valence-electron chi connectivity index (χ4n) is 7.95. The molecule has 3 aliphatic heterocycles. The minimum absolute atomic E-state index is 0. The zero-order chi connectivity index (χ0) is 48.4. The van der Waals surface area contributed by atoms with Gasteiger partial charge in [0.15, 0.2) is 12.1 Å². The van der Waals surface area contributed by atoms with E-state index in [1.54, 1.807) is 86.8 Å². The quantitative estimate of drug-likeness (QED) is 0.0961. The third-order valence-electron chi connectivity index (χ3n) is 12.0. The third kappa shape index (κ3) is 19.9. The zero-order valence-corrected chi connectivity index (χ0v) is 40.5. The minimum Gasteiger partial charge on any atom is -0.550 e. The van der Waals surface area contributed by atoms with Crippen LogP contribution in [0.5, 0.6) is 0 Å². The Morgan fingerprint density at radius 3 is 1.82 bits per heavy atom. The first-order valence-corrected chi connectivity index (χ1v) is 22.3. The molecule has 0 amide bonds. The summed E-state index contributed by atoms with van der Waals surface area (Å²) in [5.41, 5.74) is 6.01. The van der Waals surface area contributed by atoms with Gasteiger partial charge >= 0.3 is 35.5 Å². The van der Waals surface area contributed by atoms with Gasteiger partial charge in [-0.25, -0.2) is 0 Å². The molecule has 2 fully saturated rings. The van der Waals surface area contributed by atoms with Crippen LogP contribution in [0.15, 0.2) is 85.1 Å². The second-order valence-electron chi connectivity index (χ2n) is 17.5. The molecule has 0 radical (unpaired) electrons. The summed E-state index contributed by atoms with van der Waals surface area (Å²) < 4.78 is 23.1. The van der Waals surface area contributed by atoms with Crippen molar-refractivity contribution in [3.8, 4) is 0 Å². The molecule has 3 aliphatic rings. The Morgan fingerprint density at radius 2 is 1.24 bits per heavy atom. The largest absolute Gasteiger partial charge is 1.00 e. The van der Waals surface area contributed by atoms with Crippen molar-refractivity contribution in [2.75, 3.05) is 0 Å². The van der Waals surface area contributed by atoms with Crippen LogP contribution in [0.1, 0.15) is 79.1 Å². The van der Waals surface area contributed by atoms with Crippen LogP contribution in [0.2, 0.25) is 0 Å². The number of carboxylic acid groups (broad SMARTS) is 1. The van der Waals surface area contributed by atoms with Gasteiger partial charge in [0.05, 0.1) is 85.5 Å². The summed E-state index contributed by atoms with van der Waals surface area (Å²) in [5.74, 6) is -7.22. The van der Waals surface area contributed by atoms with E-state index < -0.39 is 147 Å². The van der Waals surface area contributed by atoms with Gasteiger partial charge in [0, 0.05) is 43.5 Å². The van der Waals surface area contributed by atoms with Gasteiger partial charge in [0.25, 0.3) is 0 Å². The summed E-state index contributed by atoms with van der Waals surface area (Å²) in [6.45, 7) is 6.73. The summed E-state index contributed by atoms with van der Waals surface area (Å²) in [6, 6.07) is -1.16. The maximum Gasteiger partial charge on any atom is 1.00 e. The average Bonchev–Trinajstić information content (AvgIpc) is 3.21. The van der Waals surface area contributed by atoms with Gasteiger partial charge in [-0.2, -0.15) is 0 Å². The van der Waals surface area contributed by atoms with Gasteiger partial charge in [-0.3, -0.25) is 4.79 Å². The van der Waals surface area contributed by atoms with E-state index >= 15 is 0 Å². The van der Waals surface area contributed by atoms with E-state index in [1.807, 2.05) is 13.0 Å². The van der Waals surface area contributed by atoms with Gasteiger partial charge in [0.2, 0.25) is 0 Å². The first-order valence-electron chi connectivity index (χ1n) is 22.3. The summed E-state index contributed by atoms with van der Waals surface area (Å²) in [5, 5.41) is 120. The van der Waals surface area contributed by atoms with Crippen LogP contribution in [-0.4, -0.2) is 160 Å². The smallest absolute Gasteiger partial charge is 0.550 e. The molecular formula is C47H72NNaO17. The summed E-state index contributed by atoms with van der Waals surface area (Å²) in [4.78, 5) is 25.0. The zero-order valence-electron chi connectivity index (χ0n) is 38.5. The molecule has 0 spiro atoms. The van der Waals surface area contributed by atoms with E-state index in [4.69, 9.17) is 24.7 Å². The number of carboxylic acids is 1. The number of cyclic esters (lactones) is 1. The van der Waals surface area contributed by atoms with E-state index in [2.05, 4.69) is 0 Å². The van der Waals surface area contributed by atoms with Crippen LogP contribution >= 0.6 is 0 Å². The number of allylic oxidation sites excluding steroid dienone is 12. The van der Waals surface area contributed by atoms with Crippen molar-refractivity contribution < 1.29 is 114 Å². The number of fused-ring (bicyclic) bond motifs is 2. The summed E-state index contributed by atoms with van der Waals surface area (Å²) in [7, 11) is 0. The first kappa shape index (κ1) is 59.7. The van der Waals surface area contributed by atoms with Crippen molar-refractivity contribution in [1.29, 1.82) is 0 Å². The van der Waals surface area contributed by atoms with Crippen LogP contribution in [0, 0.1) is 17.8 Å². The van der Waals surface area contributed by atoms with Crippen molar-refractivity contribution in [2.24, 2.45) is 23.5 Å². The SMILES string of the molecule is C[C@@H]1[C@H](O)[C@@H](C)/C=C/C=C/C=C/C=C/C=C/C=C/C=C/[C@H](O[C@@H]2O[C@H](C)[C@@H](O)[C@H](N)[C@@H]2O)C[C@@H]2O[C@](O)(C[C@@H](O)C[C@@H](O)[C@H](O)CC[C@@H](O)C[C@@H](O)CC(=O)O[C@H]1C)C[C@H](O)[C@H]2C(=O)[O-].[Na+]. The van der Waals surface area contributed by atoms with Crippen molar-refractivity contribution in [3.63, 3.8) is 0 Å². The number of rotatable bonds is 3. The van der Waals surface area contributed by atoms with Crippen molar-refractivity contribution in [2.45, 2.75) is 177 Å². The number of aliphatic hydroxyl groups excluding tert-OH is 9. The average molecular weight is 946 g/mol. The molecule has 0 aromatic carbocycles. The van der Waals surface area contributed by atoms with Gasteiger partial charge in [-0.05, 0) is 33.1 Å². The van der Waals surface area contributed by atoms with E-state index in [9.17, 15) is 65.8 Å².